The molecule has 0 heterocycles. The van der Waals surface area contributed by atoms with Gasteiger partial charge in [-0.25, -0.2) is 0 Å². The standard InChI is InChI=1S/C11H14F2NO5P/c1-3-18-20(17,19-4-2)11(12,13)9-5-7-10(8-6-9)14(15)16/h5-8H,3-4H2,1-2H3. The van der Waals surface area contributed by atoms with Crippen LogP contribution in [-0.2, 0) is 19.3 Å². The second-order valence-corrected chi connectivity index (χ2v) is 5.75. The fourth-order valence-corrected chi connectivity index (χ4v) is 3.03. The molecule has 0 saturated heterocycles. The van der Waals surface area contributed by atoms with Gasteiger partial charge < -0.3 is 9.05 Å². The number of alkyl halides is 2. The predicted octanol–water partition coefficient (Wildman–Crippen LogP) is 3.91. The molecule has 0 spiro atoms. The van der Waals surface area contributed by atoms with Crippen molar-refractivity contribution in [2.75, 3.05) is 13.2 Å². The molecule has 0 N–H and O–H groups in total. The zero-order valence-corrected chi connectivity index (χ0v) is 11.8. The number of rotatable bonds is 7. The summed E-state index contributed by atoms with van der Waals surface area (Å²) in [5.74, 6) is 0. The van der Waals surface area contributed by atoms with Crippen LogP contribution in [0.5, 0.6) is 0 Å². The van der Waals surface area contributed by atoms with Crippen molar-refractivity contribution in [3.05, 3.63) is 39.9 Å². The van der Waals surface area contributed by atoms with Crippen LogP contribution in [0, 0.1) is 10.1 Å². The van der Waals surface area contributed by atoms with Gasteiger partial charge >= 0.3 is 13.3 Å². The van der Waals surface area contributed by atoms with E-state index < -0.39 is 23.7 Å². The highest BCUT2D eigenvalue weighted by Gasteiger charge is 2.54. The van der Waals surface area contributed by atoms with Crippen molar-refractivity contribution in [2.45, 2.75) is 19.5 Å². The number of hydrogen-bond acceptors (Lipinski definition) is 5. The molecule has 1 aromatic rings. The predicted molar refractivity (Wildman–Crippen MR) is 67.8 cm³/mol. The summed E-state index contributed by atoms with van der Waals surface area (Å²) in [5.41, 5.74) is -4.88. The maximum atomic E-state index is 14.2. The Labute approximate surface area is 114 Å². The maximum Gasteiger partial charge on any atom is 0.404 e. The molecule has 0 fully saturated rings. The summed E-state index contributed by atoms with van der Waals surface area (Å²) in [5, 5.41) is 10.5. The maximum absolute atomic E-state index is 14.2. The quantitative estimate of drug-likeness (QED) is 0.433. The van der Waals surface area contributed by atoms with E-state index in [1.54, 1.807) is 0 Å². The average molecular weight is 309 g/mol. The van der Waals surface area contributed by atoms with Crippen LogP contribution in [-0.4, -0.2) is 18.1 Å². The first-order chi connectivity index (χ1) is 9.28. The SMILES string of the molecule is CCOP(=O)(OCC)C(F)(F)c1ccc([N+](=O)[O-])cc1. The van der Waals surface area contributed by atoms with Gasteiger partial charge in [0.05, 0.1) is 18.1 Å². The number of non-ortho nitro benzene ring substituents is 1. The normalized spacial score (nSPS) is 12.4. The Kier molecular flexibility index (Phi) is 5.33. The van der Waals surface area contributed by atoms with Crippen LogP contribution in [0.4, 0.5) is 14.5 Å². The Morgan fingerprint density at radius 1 is 1.20 bits per heavy atom. The lowest BCUT2D eigenvalue weighted by Crippen LogP contribution is -2.18. The summed E-state index contributed by atoms with van der Waals surface area (Å²) in [4.78, 5) is 9.76. The Morgan fingerprint density at radius 2 is 1.65 bits per heavy atom. The van der Waals surface area contributed by atoms with Crippen LogP contribution in [0.1, 0.15) is 19.4 Å². The van der Waals surface area contributed by atoms with Gasteiger partial charge in [0.2, 0.25) is 0 Å². The summed E-state index contributed by atoms with van der Waals surface area (Å²) in [6, 6.07) is 3.49. The summed E-state index contributed by atoms with van der Waals surface area (Å²) >= 11 is 0. The van der Waals surface area contributed by atoms with E-state index in [1.807, 2.05) is 0 Å². The van der Waals surface area contributed by atoms with E-state index in [1.165, 1.54) is 13.8 Å². The molecule has 0 amide bonds. The summed E-state index contributed by atoms with van der Waals surface area (Å²) in [6.07, 6.45) is 0. The van der Waals surface area contributed by atoms with E-state index >= 15 is 0 Å². The minimum atomic E-state index is -4.69. The van der Waals surface area contributed by atoms with Crippen molar-refractivity contribution < 1.29 is 27.3 Å². The van der Waals surface area contributed by atoms with Gasteiger partial charge in [-0.2, -0.15) is 8.78 Å². The number of hydrogen-bond donors (Lipinski definition) is 0. The minimum absolute atomic E-state index is 0.208. The number of nitrogens with zero attached hydrogens (tertiary/aromatic N) is 1. The Bertz CT molecular complexity index is 510. The van der Waals surface area contributed by atoms with Crippen molar-refractivity contribution in [1.82, 2.24) is 0 Å². The molecule has 112 valence electrons. The first-order valence-electron chi connectivity index (χ1n) is 5.80. The molecule has 0 aliphatic heterocycles. The first kappa shape index (κ1) is 16.7. The van der Waals surface area contributed by atoms with E-state index in [2.05, 4.69) is 9.05 Å². The molecule has 1 rings (SSSR count). The third-order valence-corrected chi connectivity index (χ3v) is 4.51. The molecule has 0 aromatic heterocycles. The van der Waals surface area contributed by atoms with Gasteiger partial charge in [-0.05, 0) is 26.0 Å². The Morgan fingerprint density at radius 3 is 2.00 bits per heavy atom. The number of nitro benzene ring substituents is 1. The van der Waals surface area contributed by atoms with E-state index in [0.29, 0.717) is 0 Å². The molecule has 6 nitrogen and oxygen atoms in total. The highest BCUT2D eigenvalue weighted by Crippen LogP contribution is 2.66. The van der Waals surface area contributed by atoms with Gasteiger partial charge in [0.15, 0.2) is 0 Å². The van der Waals surface area contributed by atoms with Crippen molar-refractivity contribution in [2.24, 2.45) is 0 Å². The molecule has 0 atom stereocenters. The van der Waals surface area contributed by atoms with Crippen molar-refractivity contribution in [1.29, 1.82) is 0 Å². The van der Waals surface area contributed by atoms with Crippen LogP contribution in [0.15, 0.2) is 24.3 Å². The van der Waals surface area contributed by atoms with Gasteiger partial charge in [0.1, 0.15) is 0 Å². The topological polar surface area (TPSA) is 78.7 Å². The fraction of sp³-hybridized carbons (Fsp3) is 0.455. The molecular formula is C11H14F2NO5P. The third-order valence-electron chi connectivity index (χ3n) is 2.37. The lowest BCUT2D eigenvalue weighted by atomic mass is 10.2. The number of benzene rings is 1. The van der Waals surface area contributed by atoms with Gasteiger partial charge in [-0.15, -0.1) is 0 Å². The highest BCUT2D eigenvalue weighted by atomic mass is 31.2. The summed E-state index contributed by atoms with van der Waals surface area (Å²) in [6.45, 7) is 2.41. The van der Waals surface area contributed by atoms with Crippen molar-refractivity contribution >= 4 is 13.3 Å². The number of halogens is 2. The Hall–Kier alpha value is -1.37. The van der Waals surface area contributed by atoms with Crippen molar-refractivity contribution in [3.8, 4) is 0 Å². The number of nitro groups is 1. The molecule has 0 saturated carbocycles. The molecular weight excluding hydrogens is 295 g/mol. The van der Waals surface area contributed by atoms with Gasteiger partial charge in [-0.1, -0.05) is 0 Å². The highest BCUT2D eigenvalue weighted by molar-refractivity contribution is 7.54. The zero-order valence-electron chi connectivity index (χ0n) is 10.9. The lowest BCUT2D eigenvalue weighted by molar-refractivity contribution is -0.384. The molecule has 0 bridgehead atoms. The molecule has 9 heteroatoms. The monoisotopic (exact) mass is 309 g/mol. The van der Waals surface area contributed by atoms with Gasteiger partial charge in [0.25, 0.3) is 5.69 Å². The van der Waals surface area contributed by atoms with Crippen LogP contribution in [0.2, 0.25) is 0 Å². The molecule has 0 aliphatic rings. The second-order valence-electron chi connectivity index (χ2n) is 3.68. The van der Waals surface area contributed by atoms with Crippen LogP contribution >= 0.6 is 7.60 Å². The van der Waals surface area contributed by atoms with Crippen molar-refractivity contribution in [3.63, 3.8) is 0 Å². The molecule has 0 unspecified atom stereocenters. The molecule has 0 radical (unpaired) electrons. The van der Waals surface area contributed by atoms with Crippen LogP contribution in [0.25, 0.3) is 0 Å². The Balaban J connectivity index is 3.18. The smallest absolute Gasteiger partial charge is 0.304 e. The van der Waals surface area contributed by atoms with E-state index in [4.69, 9.17) is 0 Å². The largest absolute Gasteiger partial charge is 0.404 e. The zero-order chi connectivity index (χ0) is 15.4. The average Bonchev–Trinajstić information content (AvgIpc) is 2.39. The molecule has 20 heavy (non-hydrogen) atoms. The van der Waals surface area contributed by atoms with Crippen LogP contribution < -0.4 is 0 Å². The van der Waals surface area contributed by atoms with E-state index in [0.717, 1.165) is 24.3 Å². The molecule has 0 aliphatic carbocycles. The van der Waals surface area contributed by atoms with E-state index in [-0.39, 0.29) is 18.9 Å². The first-order valence-corrected chi connectivity index (χ1v) is 7.34. The van der Waals surface area contributed by atoms with E-state index in [9.17, 15) is 23.5 Å². The minimum Gasteiger partial charge on any atom is -0.304 e. The lowest BCUT2D eigenvalue weighted by Gasteiger charge is -2.25. The van der Waals surface area contributed by atoms with Gasteiger partial charge in [-0.3, -0.25) is 14.7 Å². The third kappa shape index (κ3) is 3.20. The fourth-order valence-electron chi connectivity index (χ4n) is 1.48. The van der Waals surface area contributed by atoms with Crippen LogP contribution in [0.3, 0.4) is 0 Å². The second kappa shape index (κ2) is 6.39. The summed E-state index contributed by atoms with van der Waals surface area (Å²) in [7, 11) is -4.69. The van der Waals surface area contributed by atoms with Gasteiger partial charge in [0, 0.05) is 17.7 Å². The molecule has 1 aromatic carbocycles. The summed E-state index contributed by atoms with van der Waals surface area (Å²) < 4.78 is 49.8.